The van der Waals surface area contributed by atoms with E-state index in [2.05, 4.69) is 22.8 Å². The van der Waals surface area contributed by atoms with Gasteiger partial charge >= 0.3 is 0 Å². The lowest BCUT2D eigenvalue weighted by Crippen LogP contribution is -2.35. The van der Waals surface area contributed by atoms with Crippen LogP contribution in [-0.2, 0) is 4.79 Å². The average molecular weight is 236 g/mol. The molecule has 0 radical (unpaired) electrons. The van der Waals surface area contributed by atoms with Crippen molar-refractivity contribution in [2.24, 2.45) is 5.92 Å². The molecule has 0 aromatic heterocycles. The smallest absolute Gasteiger partial charge is 0.220 e. The third-order valence-electron chi connectivity index (χ3n) is 3.87. The summed E-state index contributed by atoms with van der Waals surface area (Å²) in [5.74, 6) is 1.01. The molecule has 1 saturated heterocycles. The van der Waals surface area contributed by atoms with Gasteiger partial charge in [0, 0.05) is 12.5 Å². The van der Waals surface area contributed by atoms with E-state index in [0.717, 1.165) is 44.7 Å². The van der Waals surface area contributed by atoms with Gasteiger partial charge in [-0.2, -0.15) is 0 Å². The molecule has 1 fully saturated rings. The molecule has 0 spiro atoms. The first-order valence-corrected chi connectivity index (χ1v) is 6.99. The minimum Gasteiger partial charge on any atom is -0.353 e. The lowest BCUT2D eigenvalue weighted by atomic mass is 9.93. The molecular weight excluding hydrogens is 212 g/mol. The number of nitrogens with one attached hydrogen (secondary N) is 2. The molecule has 2 aliphatic rings. The molecule has 3 nitrogen and oxygen atoms in total. The second-order valence-electron chi connectivity index (χ2n) is 5.28. The number of hydrogen-bond donors (Lipinski definition) is 2. The Morgan fingerprint density at radius 2 is 2.06 bits per heavy atom. The van der Waals surface area contributed by atoms with Crippen molar-refractivity contribution in [3.8, 4) is 0 Å². The lowest BCUT2D eigenvalue weighted by Gasteiger charge is -2.23. The fourth-order valence-corrected chi connectivity index (χ4v) is 2.73. The number of rotatable bonds is 4. The van der Waals surface area contributed by atoms with Crippen LogP contribution in [0.1, 0.15) is 44.9 Å². The minimum absolute atomic E-state index is 0.254. The van der Waals surface area contributed by atoms with Crippen molar-refractivity contribution < 1.29 is 4.79 Å². The van der Waals surface area contributed by atoms with Gasteiger partial charge in [-0.15, -0.1) is 0 Å². The predicted molar refractivity (Wildman–Crippen MR) is 69.7 cm³/mol. The van der Waals surface area contributed by atoms with Crippen LogP contribution in [0.5, 0.6) is 0 Å². The minimum atomic E-state index is 0.254. The average Bonchev–Trinajstić information content (AvgIpc) is 2.39. The van der Waals surface area contributed by atoms with Gasteiger partial charge in [0.15, 0.2) is 0 Å². The summed E-state index contributed by atoms with van der Waals surface area (Å²) in [6, 6.07) is 0.389. The molecule has 2 rings (SSSR count). The normalized spacial score (nSPS) is 25.8. The van der Waals surface area contributed by atoms with Gasteiger partial charge in [-0.05, 0) is 57.5 Å². The molecule has 0 bridgehead atoms. The van der Waals surface area contributed by atoms with Gasteiger partial charge in [0.05, 0.1) is 0 Å². The van der Waals surface area contributed by atoms with E-state index in [-0.39, 0.29) is 5.91 Å². The number of carbonyl (C=O) groups excluding carboxylic acids is 1. The second kappa shape index (κ2) is 6.80. The van der Waals surface area contributed by atoms with Crippen molar-refractivity contribution in [1.29, 1.82) is 0 Å². The van der Waals surface area contributed by atoms with Crippen LogP contribution in [0.3, 0.4) is 0 Å². The van der Waals surface area contributed by atoms with Crippen molar-refractivity contribution in [1.82, 2.24) is 10.6 Å². The molecule has 17 heavy (non-hydrogen) atoms. The van der Waals surface area contributed by atoms with Gasteiger partial charge in [-0.1, -0.05) is 12.2 Å². The van der Waals surface area contributed by atoms with Crippen molar-refractivity contribution >= 4 is 5.91 Å². The molecular formula is C14H24N2O. The van der Waals surface area contributed by atoms with E-state index >= 15 is 0 Å². The van der Waals surface area contributed by atoms with E-state index in [1.54, 1.807) is 0 Å². The molecule has 1 aliphatic carbocycles. The predicted octanol–water partition coefficient (Wildman–Crippen LogP) is 1.99. The third kappa shape index (κ3) is 4.50. The highest BCUT2D eigenvalue weighted by Gasteiger charge is 2.16. The lowest BCUT2D eigenvalue weighted by molar-refractivity contribution is -0.122. The maximum atomic E-state index is 11.8. The molecule has 1 aliphatic heterocycles. The van der Waals surface area contributed by atoms with Gasteiger partial charge in [-0.3, -0.25) is 4.79 Å². The van der Waals surface area contributed by atoms with Gasteiger partial charge in [0.1, 0.15) is 0 Å². The fraction of sp³-hybridized carbons (Fsp3) is 0.786. The van der Waals surface area contributed by atoms with E-state index in [1.165, 1.54) is 12.8 Å². The van der Waals surface area contributed by atoms with Crippen molar-refractivity contribution in [2.75, 3.05) is 13.1 Å². The van der Waals surface area contributed by atoms with Gasteiger partial charge in [-0.25, -0.2) is 0 Å². The maximum Gasteiger partial charge on any atom is 0.220 e. The van der Waals surface area contributed by atoms with Crippen LogP contribution >= 0.6 is 0 Å². The third-order valence-corrected chi connectivity index (χ3v) is 3.87. The number of carbonyl (C=O) groups is 1. The summed E-state index contributed by atoms with van der Waals surface area (Å²) in [6.07, 6.45) is 11.9. The fourth-order valence-electron chi connectivity index (χ4n) is 2.73. The highest BCUT2D eigenvalue weighted by Crippen LogP contribution is 2.18. The van der Waals surface area contributed by atoms with Gasteiger partial charge in [0.25, 0.3) is 0 Å². The topological polar surface area (TPSA) is 41.1 Å². The van der Waals surface area contributed by atoms with Crippen molar-refractivity contribution in [3.05, 3.63) is 12.2 Å². The molecule has 0 aromatic rings. The van der Waals surface area contributed by atoms with Crippen LogP contribution in [0.15, 0.2) is 12.2 Å². The second-order valence-corrected chi connectivity index (χ2v) is 5.28. The largest absolute Gasteiger partial charge is 0.353 e. The Hall–Kier alpha value is -0.830. The molecule has 0 aromatic carbocycles. The number of allylic oxidation sites excluding steroid dienone is 1. The molecule has 1 atom stereocenters. The number of hydrogen-bond acceptors (Lipinski definition) is 2. The van der Waals surface area contributed by atoms with Crippen LogP contribution < -0.4 is 10.6 Å². The Balaban J connectivity index is 1.61. The maximum absolute atomic E-state index is 11.8. The van der Waals surface area contributed by atoms with E-state index in [1.807, 2.05) is 0 Å². The van der Waals surface area contributed by atoms with Crippen LogP contribution in [0.2, 0.25) is 0 Å². The van der Waals surface area contributed by atoms with Crippen LogP contribution in [0.25, 0.3) is 0 Å². The van der Waals surface area contributed by atoms with Crippen LogP contribution in [0, 0.1) is 5.92 Å². The molecule has 3 heteroatoms. The highest BCUT2D eigenvalue weighted by atomic mass is 16.1. The summed E-state index contributed by atoms with van der Waals surface area (Å²) < 4.78 is 0. The zero-order valence-electron chi connectivity index (χ0n) is 10.6. The Labute approximate surface area is 104 Å². The zero-order valence-corrected chi connectivity index (χ0v) is 10.6. The van der Waals surface area contributed by atoms with E-state index in [0.29, 0.717) is 12.5 Å². The zero-order chi connectivity index (χ0) is 11.9. The highest BCUT2D eigenvalue weighted by molar-refractivity contribution is 5.76. The molecule has 0 saturated carbocycles. The van der Waals surface area contributed by atoms with Gasteiger partial charge < -0.3 is 10.6 Å². The monoisotopic (exact) mass is 236 g/mol. The number of piperidine rings is 1. The van der Waals surface area contributed by atoms with Crippen molar-refractivity contribution in [3.63, 3.8) is 0 Å². The summed E-state index contributed by atoms with van der Waals surface area (Å²) in [4.78, 5) is 11.8. The summed E-state index contributed by atoms with van der Waals surface area (Å²) in [5.41, 5.74) is 0. The number of amides is 1. The van der Waals surface area contributed by atoms with E-state index in [9.17, 15) is 4.79 Å². The van der Waals surface area contributed by atoms with E-state index in [4.69, 9.17) is 0 Å². The Morgan fingerprint density at radius 1 is 1.24 bits per heavy atom. The Morgan fingerprint density at radius 3 is 2.76 bits per heavy atom. The van der Waals surface area contributed by atoms with E-state index < -0.39 is 0 Å². The molecule has 96 valence electrons. The Bertz CT molecular complexity index is 269. The molecule has 1 unspecified atom stereocenters. The summed E-state index contributed by atoms with van der Waals surface area (Å²) in [6.45, 7) is 2.25. The molecule has 2 N–H and O–H groups in total. The molecule has 1 heterocycles. The summed E-state index contributed by atoms with van der Waals surface area (Å²) in [5, 5.41) is 6.51. The first kappa shape index (κ1) is 12.6. The first-order valence-electron chi connectivity index (χ1n) is 6.99. The Kier molecular flexibility index (Phi) is 5.05. The summed E-state index contributed by atoms with van der Waals surface area (Å²) >= 11 is 0. The van der Waals surface area contributed by atoms with Crippen molar-refractivity contribution in [2.45, 2.75) is 51.0 Å². The van der Waals surface area contributed by atoms with Gasteiger partial charge in [0.2, 0.25) is 5.91 Å². The molecule has 1 amide bonds. The first-order chi connectivity index (χ1) is 8.34. The quantitative estimate of drug-likeness (QED) is 0.733. The SMILES string of the molecule is O=C(CCC1CCNCC1)NC1CC=CCC1. The van der Waals surface area contributed by atoms with Crippen LogP contribution in [0.4, 0.5) is 0 Å². The summed E-state index contributed by atoms with van der Waals surface area (Å²) in [7, 11) is 0. The standard InChI is InChI=1S/C14H24N2O/c17-14(16-13-4-2-1-3-5-13)7-6-12-8-10-15-11-9-12/h1-2,12-13,15H,3-11H2,(H,16,17). The van der Waals surface area contributed by atoms with Crippen LogP contribution in [-0.4, -0.2) is 25.0 Å².